The SMILES string of the molecule is COc1ccc(O[C@@H](C)C(=O)Nc2nnc(-c3ccc(C)cc3)s2)cc1. The van der Waals surface area contributed by atoms with Crippen LogP contribution in [0.5, 0.6) is 11.5 Å². The van der Waals surface area contributed by atoms with Gasteiger partial charge in [-0.05, 0) is 38.1 Å². The predicted molar refractivity (Wildman–Crippen MR) is 102 cm³/mol. The fraction of sp³-hybridized carbons (Fsp3) is 0.211. The lowest BCUT2D eigenvalue weighted by molar-refractivity contribution is -0.122. The van der Waals surface area contributed by atoms with E-state index in [0.29, 0.717) is 10.9 Å². The molecule has 134 valence electrons. The van der Waals surface area contributed by atoms with E-state index in [1.807, 2.05) is 31.2 Å². The summed E-state index contributed by atoms with van der Waals surface area (Å²) in [6.45, 7) is 3.71. The zero-order valence-corrected chi connectivity index (χ0v) is 15.5. The van der Waals surface area contributed by atoms with Gasteiger partial charge in [-0.2, -0.15) is 0 Å². The first kappa shape index (κ1) is 17.9. The van der Waals surface area contributed by atoms with Crippen molar-refractivity contribution in [2.45, 2.75) is 20.0 Å². The van der Waals surface area contributed by atoms with Gasteiger partial charge in [0.05, 0.1) is 7.11 Å². The Labute approximate surface area is 155 Å². The van der Waals surface area contributed by atoms with Gasteiger partial charge in [-0.1, -0.05) is 41.2 Å². The van der Waals surface area contributed by atoms with Crippen molar-refractivity contribution in [1.29, 1.82) is 0 Å². The number of aryl methyl sites for hydroxylation is 1. The molecule has 7 heteroatoms. The van der Waals surface area contributed by atoms with Crippen LogP contribution in [0.4, 0.5) is 5.13 Å². The summed E-state index contributed by atoms with van der Waals surface area (Å²) in [7, 11) is 1.60. The smallest absolute Gasteiger partial charge is 0.266 e. The Morgan fingerprint density at radius 3 is 2.35 bits per heavy atom. The minimum Gasteiger partial charge on any atom is -0.497 e. The van der Waals surface area contributed by atoms with Crippen molar-refractivity contribution in [2.75, 3.05) is 12.4 Å². The van der Waals surface area contributed by atoms with E-state index in [1.165, 1.54) is 16.9 Å². The Morgan fingerprint density at radius 1 is 1.04 bits per heavy atom. The van der Waals surface area contributed by atoms with Crippen LogP contribution in [-0.4, -0.2) is 29.3 Å². The topological polar surface area (TPSA) is 73.3 Å². The number of amides is 1. The van der Waals surface area contributed by atoms with Gasteiger partial charge in [0.1, 0.15) is 16.5 Å². The molecule has 0 unspecified atom stereocenters. The number of hydrogen-bond donors (Lipinski definition) is 1. The van der Waals surface area contributed by atoms with Crippen LogP contribution < -0.4 is 14.8 Å². The number of carbonyl (C=O) groups excluding carboxylic acids is 1. The maximum atomic E-state index is 12.3. The fourth-order valence-electron chi connectivity index (χ4n) is 2.21. The van der Waals surface area contributed by atoms with E-state index in [2.05, 4.69) is 15.5 Å². The molecule has 0 aliphatic rings. The van der Waals surface area contributed by atoms with Gasteiger partial charge in [-0.3, -0.25) is 10.1 Å². The summed E-state index contributed by atoms with van der Waals surface area (Å²) in [4.78, 5) is 12.3. The summed E-state index contributed by atoms with van der Waals surface area (Å²) in [6.07, 6.45) is -0.671. The highest BCUT2D eigenvalue weighted by Crippen LogP contribution is 2.26. The zero-order valence-electron chi connectivity index (χ0n) is 14.7. The largest absolute Gasteiger partial charge is 0.497 e. The minimum atomic E-state index is -0.671. The highest BCUT2D eigenvalue weighted by molar-refractivity contribution is 7.18. The van der Waals surface area contributed by atoms with Crippen molar-refractivity contribution >= 4 is 22.4 Å². The molecule has 0 fully saturated rings. The van der Waals surface area contributed by atoms with Crippen molar-refractivity contribution in [2.24, 2.45) is 0 Å². The number of hydrogen-bond acceptors (Lipinski definition) is 6. The summed E-state index contributed by atoms with van der Waals surface area (Å²) < 4.78 is 10.7. The van der Waals surface area contributed by atoms with Gasteiger partial charge in [0.2, 0.25) is 5.13 Å². The lowest BCUT2D eigenvalue weighted by Gasteiger charge is -2.13. The van der Waals surface area contributed by atoms with Gasteiger partial charge in [-0.25, -0.2) is 0 Å². The molecular weight excluding hydrogens is 350 g/mol. The summed E-state index contributed by atoms with van der Waals surface area (Å²) >= 11 is 1.32. The van der Waals surface area contributed by atoms with Crippen LogP contribution in [0, 0.1) is 6.92 Å². The highest BCUT2D eigenvalue weighted by atomic mass is 32.1. The number of aromatic nitrogens is 2. The van der Waals surface area contributed by atoms with E-state index < -0.39 is 6.10 Å². The molecule has 1 aromatic heterocycles. The molecule has 1 N–H and O–H groups in total. The Balaban J connectivity index is 1.61. The van der Waals surface area contributed by atoms with Crippen molar-refractivity contribution in [3.05, 3.63) is 54.1 Å². The number of carbonyl (C=O) groups is 1. The first-order valence-corrected chi connectivity index (χ1v) is 8.89. The van der Waals surface area contributed by atoms with Gasteiger partial charge in [0, 0.05) is 5.56 Å². The second kappa shape index (κ2) is 7.97. The monoisotopic (exact) mass is 369 g/mol. The fourth-order valence-corrected chi connectivity index (χ4v) is 2.96. The number of ether oxygens (including phenoxy) is 2. The van der Waals surface area contributed by atoms with Crippen LogP contribution in [0.25, 0.3) is 10.6 Å². The molecule has 0 aliphatic carbocycles. The molecule has 0 radical (unpaired) electrons. The molecular formula is C19H19N3O3S. The number of methoxy groups -OCH3 is 1. The van der Waals surface area contributed by atoms with Gasteiger partial charge in [0.25, 0.3) is 5.91 Å². The molecule has 0 spiro atoms. The maximum absolute atomic E-state index is 12.3. The minimum absolute atomic E-state index is 0.285. The van der Waals surface area contributed by atoms with Gasteiger partial charge < -0.3 is 9.47 Å². The first-order valence-electron chi connectivity index (χ1n) is 8.07. The second-order valence-corrected chi connectivity index (χ2v) is 6.68. The van der Waals surface area contributed by atoms with E-state index in [-0.39, 0.29) is 5.91 Å². The lowest BCUT2D eigenvalue weighted by atomic mass is 10.2. The number of nitrogens with zero attached hydrogens (tertiary/aromatic N) is 2. The molecule has 1 heterocycles. The van der Waals surface area contributed by atoms with E-state index in [9.17, 15) is 4.79 Å². The van der Waals surface area contributed by atoms with Crippen LogP contribution in [0.3, 0.4) is 0 Å². The highest BCUT2D eigenvalue weighted by Gasteiger charge is 2.17. The Morgan fingerprint density at radius 2 is 1.69 bits per heavy atom. The molecule has 0 saturated carbocycles. The second-order valence-electron chi connectivity index (χ2n) is 5.70. The average molecular weight is 369 g/mol. The Kier molecular flexibility index (Phi) is 5.48. The van der Waals surface area contributed by atoms with Crippen LogP contribution in [0.15, 0.2) is 48.5 Å². The van der Waals surface area contributed by atoms with Gasteiger partial charge in [0.15, 0.2) is 6.10 Å². The van der Waals surface area contributed by atoms with E-state index in [0.717, 1.165) is 16.3 Å². The molecule has 0 aliphatic heterocycles. The molecule has 0 saturated heterocycles. The van der Waals surface area contributed by atoms with Crippen LogP contribution >= 0.6 is 11.3 Å². The van der Waals surface area contributed by atoms with Gasteiger partial charge >= 0.3 is 0 Å². The number of rotatable bonds is 6. The third-order valence-corrected chi connectivity index (χ3v) is 4.58. The standard InChI is InChI=1S/C19H19N3O3S/c1-12-4-6-14(7-5-12)18-21-22-19(26-18)20-17(23)13(2)25-16-10-8-15(24-3)9-11-16/h4-11,13H,1-3H3,(H,20,22,23)/t13-/m0/s1. The van der Waals surface area contributed by atoms with Crippen molar-refractivity contribution in [3.8, 4) is 22.1 Å². The first-order chi connectivity index (χ1) is 12.5. The summed E-state index contributed by atoms with van der Waals surface area (Å²) in [5.41, 5.74) is 2.15. The Bertz CT molecular complexity index is 876. The van der Waals surface area contributed by atoms with Crippen LogP contribution in [-0.2, 0) is 4.79 Å². The lowest BCUT2D eigenvalue weighted by Crippen LogP contribution is -2.30. The van der Waals surface area contributed by atoms with E-state index in [4.69, 9.17) is 9.47 Å². The van der Waals surface area contributed by atoms with Gasteiger partial charge in [-0.15, -0.1) is 10.2 Å². The quantitative estimate of drug-likeness (QED) is 0.713. The zero-order chi connectivity index (χ0) is 18.5. The van der Waals surface area contributed by atoms with E-state index >= 15 is 0 Å². The average Bonchev–Trinajstić information content (AvgIpc) is 3.11. The van der Waals surface area contributed by atoms with Crippen molar-refractivity contribution in [1.82, 2.24) is 10.2 Å². The summed E-state index contributed by atoms with van der Waals surface area (Å²) in [6, 6.07) is 15.1. The summed E-state index contributed by atoms with van der Waals surface area (Å²) in [5, 5.41) is 12.1. The van der Waals surface area contributed by atoms with Crippen molar-refractivity contribution < 1.29 is 14.3 Å². The third-order valence-electron chi connectivity index (χ3n) is 3.70. The van der Waals surface area contributed by atoms with Crippen LogP contribution in [0.2, 0.25) is 0 Å². The molecule has 0 bridgehead atoms. The number of nitrogens with one attached hydrogen (secondary N) is 1. The molecule has 6 nitrogen and oxygen atoms in total. The Hall–Kier alpha value is -2.93. The molecule has 3 aromatic rings. The molecule has 1 amide bonds. The summed E-state index contributed by atoms with van der Waals surface area (Å²) in [5.74, 6) is 1.03. The van der Waals surface area contributed by atoms with Crippen LogP contribution in [0.1, 0.15) is 12.5 Å². The molecule has 26 heavy (non-hydrogen) atoms. The maximum Gasteiger partial charge on any atom is 0.266 e. The van der Waals surface area contributed by atoms with E-state index in [1.54, 1.807) is 38.3 Å². The third kappa shape index (κ3) is 4.37. The van der Waals surface area contributed by atoms with Crippen molar-refractivity contribution in [3.63, 3.8) is 0 Å². The normalized spacial score (nSPS) is 11.7. The predicted octanol–water partition coefficient (Wildman–Crippen LogP) is 3.93. The molecule has 3 rings (SSSR count). The number of anilines is 1. The molecule has 2 aromatic carbocycles. The molecule has 1 atom stereocenters. The number of benzene rings is 2.